The number of hydrogen-bond acceptors (Lipinski definition) is 3. The van der Waals surface area contributed by atoms with Gasteiger partial charge in [0.15, 0.2) is 0 Å². The maximum Gasteiger partial charge on any atom is 0.0925 e. The fourth-order valence-corrected chi connectivity index (χ4v) is 4.70. The van der Waals surface area contributed by atoms with E-state index >= 15 is 0 Å². The van der Waals surface area contributed by atoms with Crippen molar-refractivity contribution in [1.29, 1.82) is 0 Å². The van der Waals surface area contributed by atoms with Crippen molar-refractivity contribution in [2.45, 2.75) is 38.5 Å². The first-order chi connectivity index (χ1) is 12.2. The van der Waals surface area contributed by atoms with E-state index in [2.05, 4.69) is 30.2 Å². The molecule has 1 aliphatic heterocycles. The number of fused-ring (bicyclic) bond motifs is 1. The fourth-order valence-electron chi connectivity index (χ4n) is 4.70. The minimum absolute atomic E-state index is 0.422. The van der Waals surface area contributed by atoms with Gasteiger partial charge >= 0.3 is 0 Å². The van der Waals surface area contributed by atoms with Gasteiger partial charge in [-0.05, 0) is 61.3 Å². The van der Waals surface area contributed by atoms with Crippen LogP contribution in [0.15, 0.2) is 30.2 Å². The van der Waals surface area contributed by atoms with E-state index in [0.29, 0.717) is 11.8 Å². The molecule has 25 heavy (non-hydrogen) atoms. The Morgan fingerprint density at radius 1 is 1.28 bits per heavy atom. The van der Waals surface area contributed by atoms with Gasteiger partial charge in [-0.3, -0.25) is 4.68 Å². The van der Waals surface area contributed by atoms with Crippen molar-refractivity contribution in [1.82, 2.24) is 9.78 Å². The first-order valence-corrected chi connectivity index (χ1v) is 9.41. The summed E-state index contributed by atoms with van der Waals surface area (Å²) in [6.45, 7) is 4.07. The molecule has 4 rings (SSSR count). The lowest BCUT2D eigenvalue weighted by atomic mass is 9.78. The average Bonchev–Trinajstić information content (AvgIpc) is 3.20. The second-order valence-corrected chi connectivity index (χ2v) is 7.62. The van der Waals surface area contributed by atoms with Crippen LogP contribution in [0, 0.1) is 18.8 Å². The summed E-state index contributed by atoms with van der Waals surface area (Å²) in [4.78, 5) is 0. The van der Waals surface area contributed by atoms with E-state index in [4.69, 9.17) is 9.47 Å². The van der Waals surface area contributed by atoms with Gasteiger partial charge in [0.05, 0.1) is 24.6 Å². The van der Waals surface area contributed by atoms with Crippen molar-refractivity contribution in [3.05, 3.63) is 41.3 Å². The molecule has 1 aliphatic carbocycles. The van der Waals surface area contributed by atoms with Crippen LogP contribution in [0.1, 0.15) is 42.7 Å². The third-order valence-electron chi connectivity index (χ3n) is 6.10. The maximum atomic E-state index is 5.66. The number of aryl methyl sites for hydroxylation is 2. The standard InChI is InChI=1S/C21H28N2O2/c1-14-4-5-20-19(13-22-23(20)2)21(14)18-12-17(24-3)11-16(18)10-15-6-8-25-9-7-15/h4-5,12-13,15-16,18H,6-11H2,1-3H3. The molecular formula is C21H28N2O2. The molecule has 1 aromatic heterocycles. The quantitative estimate of drug-likeness (QED) is 0.831. The van der Waals surface area contributed by atoms with Crippen molar-refractivity contribution in [3.8, 4) is 0 Å². The van der Waals surface area contributed by atoms with Crippen LogP contribution >= 0.6 is 0 Å². The summed E-state index contributed by atoms with van der Waals surface area (Å²) in [5.41, 5.74) is 4.01. The molecule has 0 bridgehead atoms. The Morgan fingerprint density at radius 2 is 2.08 bits per heavy atom. The Balaban J connectivity index is 1.70. The number of ether oxygens (including phenoxy) is 2. The topological polar surface area (TPSA) is 36.3 Å². The monoisotopic (exact) mass is 340 g/mol. The van der Waals surface area contributed by atoms with Gasteiger partial charge in [-0.2, -0.15) is 5.10 Å². The van der Waals surface area contributed by atoms with E-state index in [1.54, 1.807) is 7.11 Å². The molecule has 0 radical (unpaired) electrons. The third kappa shape index (κ3) is 3.08. The first-order valence-electron chi connectivity index (χ1n) is 9.41. The van der Waals surface area contributed by atoms with E-state index in [0.717, 1.165) is 31.3 Å². The molecule has 2 unspecified atom stereocenters. The first kappa shape index (κ1) is 16.6. The van der Waals surface area contributed by atoms with Crippen LogP contribution in [0.2, 0.25) is 0 Å². The molecule has 1 saturated heterocycles. The van der Waals surface area contributed by atoms with Crippen molar-refractivity contribution >= 4 is 10.9 Å². The molecule has 4 nitrogen and oxygen atoms in total. The fraction of sp³-hybridized carbons (Fsp3) is 0.571. The summed E-state index contributed by atoms with van der Waals surface area (Å²) >= 11 is 0. The zero-order valence-electron chi connectivity index (χ0n) is 15.5. The molecule has 2 heterocycles. The lowest BCUT2D eigenvalue weighted by Crippen LogP contribution is -2.20. The van der Waals surface area contributed by atoms with Gasteiger partial charge in [0.1, 0.15) is 0 Å². The van der Waals surface area contributed by atoms with E-state index in [-0.39, 0.29) is 0 Å². The van der Waals surface area contributed by atoms with Crippen LogP contribution < -0.4 is 0 Å². The molecular weight excluding hydrogens is 312 g/mol. The van der Waals surface area contributed by atoms with Crippen LogP contribution in [-0.2, 0) is 16.5 Å². The Hall–Kier alpha value is -1.81. The number of benzene rings is 1. The molecule has 1 aromatic carbocycles. The Kier molecular flexibility index (Phi) is 4.55. The third-order valence-corrected chi connectivity index (χ3v) is 6.10. The molecule has 2 aliphatic rings. The predicted molar refractivity (Wildman–Crippen MR) is 99.6 cm³/mol. The highest BCUT2D eigenvalue weighted by Gasteiger charge is 2.34. The summed E-state index contributed by atoms with van der Waals surface area (Å²) < 4.78 is 13.2. The number of aromatic nitrogens is 2. The summed E-state index contributed by atoms with van der Waals surface area (Å²) in [6.07, 6.45) is 9.09. The lowest BCUT2D eigenvalue weighted by Gasteiger charge is -2.28. The van der Waals surface area contributed by atoms with E-state index in [1.165, 1.54) is 41.3 Å². The van der Waals surface area contributed by atoms with Crippen molar-refractivity contribution in [2.75, 3.05) is 20.3 Å². The summed E-state index contributed by atoms with van der Waals surface area (Å²) in [7, 11) is 3.82. The Labute approximate surface area is 149 Å². The number of nitrogens with zero attached hydrogens (tertiary/aromatic N) is 2. The second-order valence-electron chi connectivity index (χ2n) is 7.62. The Bertz CT molecular complexity index is 787. The number of hydrogen-bond donors (Lipinski definition) is 0. The van der Waals surface area contributed by atoms with Gasteiger partial charge < -0.3 is 9.47 Å². The average molecular weight is 340 g/mol. The van der Waals surface area contributed by atoms with Crippen molar-refractivity contribution in [2.24, 2.45) is 18.9 Å². The van der Waals surface area contributed by atoms with Gasteiger partial charge in [0.25, 0.3) is 0 Å². The summed E-state index contributed by atoms with van der Waals surface area (Å²) in [5, 5.41) is 5.79. The van der Waals surface area contributed by atoms with Crippen molar-refractivity contribution < 1.29 is 9.47 Å². The normalized spacial score (nSPS) is 24.7. The molecule has 4 heteroatoms. The van der Waals surface area contributed by atoms with Crippen LogP contribution in [0.4, 0.5) is 0 Å². The minimum atomic E-state index is 0.422. The molecule has 0 N–H and O–H groups in total. The number of methoxy groups -OCH3 is 1. The zero-order chi connectivity index (χ0) is 17.4. The highest BCUT2D eigenvalue weighted by Crippen LogP contribution is 2.45. The van der Waals surface area contributed by atoms with Gasteiger partial charge in [-0.25, -0.2) is 0 Å². The van der Waals surface area contributed by atoms with Gasteiger partial charge in [-0.1, -0.05) is 6.07 Å². The highest BCUT2D eigenvalue weighted by atomic mass is 16.5. The van der Waals surface area contributed by atoms with E-state index < -0.39 is 0 Å². The highest BCUT2D eigenvalue weighted by molar-refractivity contribution is 5.84. The predicted octanol–water partition coefficient (Wildman–Crippen LogP) is 4.33. The van der Waals surface area contributed by atoms with Crippen LogP contribution in [0.25, 0.3) is 10.9 Å². The zero-order valence-corrected chi connectivity index (χ0v) is 15.5. The van der Waals surface area contributed by atoms with Gasteiger partial charge in [-0.15, -0.1) is 0 Å². The van der Waals surface area contributed by atoms with Crippen LogP contribution in [-0.4, -0.2) is 30.1 Å². The molecule has 1 fully saturated rings. The van der Waals surface area contributed by atoms with Crippen LogP contribution in [0.3, 0.4) is 0 Å². The van der Waals surface area contributed by atoms with Gasteiger partial charge in [0, 0.05) is 38.0 Å². The molecule has 0 amide bonds. The largest absolute Gasteiger partial charge is 0.501 e. The molecule has 0 saturated carbocycles. The summed E-state index contributed by atoms with van der Waals surface area (Å²) in [6, 6.07) is 4.42. The lowest BCUT2D eigenvalue weighted by molar-refractivity contribution is 0.0578. The van der Waals surface area contributed by atoms with E-state index in [9.17, 15) is 0 Å². The number of rotatable bonds is 4. The van der Waals surface area contributed by atoms with Gasteiger partial charge in [0.2, 0.25) is 0 Å². The maximum absolute atomic E-state index is 5.66. The molecule has 2 atom stereocenters. The van der Waals surface area contributed by atoms with E-state index in [1.807, 2.05) is 17.9 Å². The molecule has 2 aromatic rings. The van der Waals surface area contributed by atoms with Crippen molar-refractivity contribution in [3.63, 3.8) is 0 Å². The molecule has 0 spiro atoms. The summed E-state index contributed by atoms with van der Waals surface area (Å²) in [5.74, 6) is 2.95. The molecule has 134 valence electrons. The second kappa shape index (κ2) is 6.83. The van der Waals surface area contributed by atoms with Crippen LogP contribution in [0.5, 0.6) is 0 Å². The number of allylic oxidation sites excluding steroid dienone is 2. The SMILES string of the molecule is COC1=CC(c2c(C)ccc3c2cnn3C)C(CC2CCOCC2)C1. The smallest absolute Gasteiger partial charge is 0.0925 e. The Morgan fingerprint density at radius 3 is 2.84 bits per heavy atom. The minimum Gasteiger partial charge on any atom is -0.501 e.